The molecule has 1 aliphatic heterocycles. The lowest BCUT2D eigenvalue weighted by molar-refractivity contribution is 0.401. The SMILES string of the molecule is Cc1cc(C2=CCC3CCNC23)on1. The molecule has 2 aliphatic rings. The van der Waals surface area contributed by atoms with Gasteiger partial charge in [0.1, 0.15) is 0 Å². The van der Waals surface area contributed by atoms with E-state index >= 15 is 0 Å². The molecule has 3 nitrogen and oxygen atoms in total. The molecule has 0 radical (unpaired) electrons. The molecule has 1 saturated heterocycles. The average molecular weight is 190 g/mol. The second-order valence-electron chi connectivity index (χ2n) is 4.21. The molecule has 74 valence electrons. The van der Waals surface area contributed by atoms with Gasteiger partial charge in [-0.3, -0.25) is 0 Å². The number of rotatable bonds is 1. The van der Waals surface area contributed by atoms with Crippen LogP contribution in [0.25, 0.3) is 5.57 Å². The smallest absolute Gasteiger partial charge is 0.164 e. The Hall–Kier alpha value is -1.09. The van der Waals surface area contributed by atoms with Gasteiger partial charge >= 0.3 is 0 Å². The Kier molecular flexibility index (Phi) is 1.74. The van der Waals surface area contributed by atoms with Crippen molar-refractivity contribution in [3.63, 3.8) is 0 Å². The Morgan fingerprint density at radius 1 is 1.57 bits per heavy atom. The van der Waals surface area contributed by atoms with Gasteiger partial charge in [-0.05, 0) is 32.2 Å². The molecule has 1 fully saturated rings. The second-order valence-corrected chi connectivity index (χ2v) is 4.21. The van der Waals surface area contributed by atoms with Gasteiger partial charge in [-0.2, -0.15) is 0 Å². The Labute approximate surface area is 83.2 Å². The van der Waals surface area contributed by atoms with E-state index in [2.05, 4.69) is 16.5 Å². The normalized spacial score (nSPS) is 30.5. The summed E-state index contributed by atoms with van der Waals surface area (Å²) in [5, 5.41) is 7.45. The molecule has 2 unspecified atom stereocenters. The highest BCUT2D eigenvalue weighted by Crippen LogP contribution is 2.37. The summed E-state index contributed by atoms with van der Waals surface area (Å²) in [5.74, 6) is 1.74. The summed E-state index contributed by atoms with van der Waals surface area (Å²) in [6.07, 6.45) is 4.77. The zero-order chi connectivity index (χ0) is 9.54. The van der Waals surface area contributed by atoms with Crippen molar-refractivity contribution >= 4 is 5.57 Å². The van der Waals surface area contributed by atoms with Gasteiger partial charge in [-0.15, -0.1) is 0 Å². The van der Waals surface area contributed by atoms with Crippen LogP contribution in [0.3, 0.4) is 0 Å². The van der Waals surface area contributed by atoms with Crippen LogP contribution in [0.5, 0.6) is 0 Å². The van der Waals surface area contributed by atoms with Crippen LogP contribution in [0, 0.1) is 12.8 Å². The van der Waals surface area contributed by atoms with E-state index in [-0.39, 0.29) is 0 Å². The summed E-state index contributed by atoms with van der Waals surface area (Å²) in [5.41, 5.74) is 2.27. The lowest BCUT2D eigenvalue weighted by atomic mass is 9.99. The van der Waals surface area contributed by atoms with E-state index in [1.54, 1.807) is 0 Å². The molecule has 3 rings (SSSR count). The fourth-order valence-electron chi connectivity index (χ4n) is 2.53. The highest BCUT2D eigenvalue weighted by molar-refractivity contribution is 5.69. The highest BCUT2D eigenvalue weighted by atomic mass is 16.5. The number of hydrogen-bond donors (Lipinski definition) is 1. The standard InChI is InChI=1S/C11H14N2O/c1-7-6-10(14-13-7)9-3-2-8-4-5-12-11(8)9/h3,6,8,11-12H,2,4-5H2,1H3. The average Bonchev–Trinajstić information content (AvgIpc) is 2.77. The van der Waals surface area contributed by atoms with E-state index in [4.69, 9.17) is 4.52 Å². The Morgan fingerprint density at radius 3 is 3.29 bits per heavy atom. The van der Waals surface area contributed by atoms with E-state index < -0.39 is 0 Å². The molecule has 2 heterocycles. The van der Waals surface area contributed by atoms with E-state index in [1.807, 2.05) is 13.0 Å². The summed E-state index contributed by atoms with van der Waals surface area (Å²) in [4.78, 5) is 0. The van der Waals surface area contributed by atoms with Crippen molar-refractivity contribution in [1.82, 2.24) is 10.5 Å². The first-order chi connectivity index (χ1) is 6.84. The van der Waals surface area contributed by atoms with Gasteiger partial charge in [0.2, 0.25) is 0 Å². The van der Waals surface area contributed by atoms with Gasteiger partial charge < -0.3 is 9.84 Å². The van der Waals surface area contributed by atoms with Crippen LogP contribution in [-0.4, -0.2) is 17.7 Å². The molecular formula is C11H14N2O. The van der Waals surface area contributed by atoms with Crippen molar-refractivity contribution in [3.05, 3.63) is 23.6 Å². The zero-order valence-electron chi connectivity index (χ0n) is 8.29. The van der Waals surface area contributed by atoms with Gasteiger partial charge in [0.15, 0.2) is 5.76 Å². The van der Waals surface area contributed by atoms with Crippen molar-refractivity contribution < 1.29 is 4.52 Å². The van der Waals surface area contributed by atoms with Crippen molar-refractivity contribution in [2.24, 2.45) is 5.92 Å². The molecule has 1 N–H and O–H groups in total. The summed E-state index contributed by atoms with van der Waals surface area (Å²) in [6, 6.07) is 2.54. The number of allylic oxidation sites excluding steroid dienone is 1. The minimum atomic E-state index is 0.516. The topological polar surface area (TPSA) is 38.1 Å². The third kappa shape index (κ3) is 1.12. The molecule has 1 aromatic rings. The van der Waals surface area contributed by atoms with Crippen LogP contribution in [0.1, 0.15) is 24.3 Å². The van der Waals surface area contributed by atoms with Crippen LogP contribution in [0.4, 0.5) is 0 Å². The molecule has 2 atom stereocenters. The van der Waals surface area contributed by atoms with Gasteiger partial charge in [0.25, 0.3) is 0 Å². The third-order valence-electron chi connectivity index (χ3n) is 3.24. The van der Waals surface area contributed by atoms with Crippen LogP contribution < -0.4 is 5.32 Å². The summed E-state index contributed by atoms with van der Waals surface area (Å²) in [6.45, 7) is 3.10. The van der Waals surface area contributed by atoms with Gasteiger partial charge in [0.05, 0.1) is 5.69 Å². The number of nitrogens with one attached hydrogen (secondary N) is 1. The zero-order valence-corrected chi connectivity index (χ0v) is 8.29. The second kappa shape index (κ2) is 2.95. The monoisotopic (exact) mass is 190 g/mol. The Bertz CT molecular complexity index is 380. The molecule has 0 saturated carbocycles. The lowest BCUT2D eigenvalue weighted by Gasteiger charge is -2.11. The van der Waals surface area contributed by atoms with Crippen molar-refractivity contribution in [2.75, 3.05) is 6.54 Å². The molecule has 14 heavy (non-hydrogen) atoms. The molecule has 0 aromatic carbocycles. The molecule has 1 aliphatic carbocycles. The van der Waals surface area contributed by atoms with Crippen molar-refractivity contribution in [2.45, 2.75) is 25.8 Å². The van der Waals surface area contributed by atoms with E-state index in [0.717, 1.165) is 23.9 Å². The molecule has 0 bridgehead atoms. The van der Waals surface area contributed by atoms with Gasteiger partial charge in [-0.25, -0.2) is 0 Å². The minimum absolute atomic E-state index is 0.516. The number of fused-ring (bicyclic) bond motifs is 1. The van der Waals surface area contributed by atoms with E-state index in [1.165, 1.54) is 18.4 Å². The van der Waals surface area contributed by atoms with Crippen molar-refractivity contribution in [1.29, 1.82) is 0 Å². The third-order valence-corrected chi connectivity index (χ3v) is 3.24. The molecule has 3 heteroatoms. The number of aryl methyl sites for hydroxylation is 1. The first-order valence-electron chi connectivity index (χ1n) is 5.22. The fraction of sp³-hybridized carbons (Fsp3) is 0.545. The fourth-order valence-corrected chi connectivity index (χ4v) is 2.53. The lowest BCUT2D eigenvalue weighted by Crippen LogP contribution is -2.24. The van der Waals surface area contributed by atoms with Crippen LogP contribution >= 0.6 is 0 Å². The van der Waals surface area contributed by atoms with Crippen LogP contribution in [-0.2, 0) is 0 Å². The molecule has 0 amide bonds. The predicted octanol–water partition coefficient (Wildman–Crippen LogP) is 1.75. The summed E-state index contributed by atoms with van der Waals surface area (Å²) >= 11 is 0. The highest BCUT2D eigenvalue weighted by Gasteiger charge is 2.35. The number of hydrogen-bond acceptors (Lipinski definition) is 3. The van der Waals surface area contributed by atoms with Gasteiger partial charge in [0, 0.05) is 17.7 Å². The van der Waals surface area contributed by atoms with Crippen LogP contribution in [0.15, 0.2) is 16.7 Å². The number of aromatic nitrogens is 1. The molecule has 0 spiro atoms. The summed E-state index contributed by atoms with van der Waals surface area (Å²) < 4.78 is 5.30. The minimum Gasteiger partial charge on any atom is -0.356 e. The van der Waals surface area contributed by atoms with Crippen molar-refractivity contribution in [3.8, 4) is 0 Å². The Balaban J connectivity index is 1.92. The van der Waals surface area contributed by atoms with Gasteiger partial charge in [-0.1, -0.05) is 11.2 Å². The maximum atomic E-state index is 5.30. The van der Waals surface area contributed by atoms with E-state index in [9.17, 15) is 0 Å². The first kappa shape index (κ1) is 8.24. The maximum Gasteiger partial charge on any atom is 0.164 e. The van der Waals surface area contributed by atoms with E-state index in [0.29, 0.717) is 6.04 Å². The Morgan fingerprint density at radius 2 is 2.50 bits per heavy atom. The first-order valence-corrected chi connectivity index (χ1v) is 5.22. The predicted molar refractivity (Wildman–Crippen MR) is 53.7 cm³/mol. The maximum absolute atomic E-state index is 5.30. The van der Waals surface area contributed by atoms with Crippen LogP contribution in [0.2, 0.25) is 0 Å². The molecule has 1 aromatic heterocycles. The quantitative estimate of drug-likeness (QED) is 0.733. The number of nitrogens with zero attached hydrogens (tertiary/aromatic N) is 1. The summed E-state index contributed by atoms with van der Waals surface area (Å²) in [7, 11) is 0. The molecular weight excluding hydrogens is 176 g/mol. The largest absolute Gasteiger partial charge is 0.356 e.